The third kappa shape index (κ3) is 21.3. The lowest BCUT2D eigenvalue weighted by Crippen LogP contribution is -2.61. The molecule has 1 aromatic carbocycles. The Morgan fingerprint density at radius 3 is 1.78 bits per heavy atom. The van der Waals surface area contributed by atoms with Crippen LogP contribution in [0.5, 0.6) is 5.75 Å². The normalized spacial score (nSPS) is 28.0. The molecule has 93 heavy (non-hydrogen) atoms. The molecule has 1 aromatic rings. The lowest BCUT2D eigenvalue weighted by Gasteiger charge is -2.33. The van der Waals surface area contributed by atoms with Crippen LogP contribution in [-0.2, 0) is 64.0 Å². The van der Waals surface area contributed by atoms with Crippen LogP contribution in [0.1, 0.15) is 131 Å². The molecular weight excluding hydrogens is 1220 g/mol. The van der Waals surface area contributed by atoms with Crippen LogP contribution in [0, 0.1) is 11.8 Å². The molecule has 5 rings (SSSR count). The van der Waals surface area contributed by atoms with Gasteiger partial charge in [0.15, 0.2) is 6.10 Å². The number of aliphatic hydroxyl groups excluding tert-OH is 6. The molecule has 31 heteroatoms. The summed E-state index contributed by atoms with van der Waals surface area (Å²) >= 11 is 0. The van der Waals surface area contributed by atoms with Gasteiger partial charge in [-0.05, 0) is 114 Å². The second-order valence-electron chi connectivity index (χ2n) is 24.8. The number of methoxy groups -OCH3 is 1. The maximum Gasteiger partial charge on any atom is 0.268 e. The van der Waals surface area contributed by atoms with Crippen molar-refractivity contribution in [2.24, 2.45) is 17.6 Å². The van der Waals surface area contributed by atoms with E-state index in [0.717, 1.165) is 17.9 Å². The van der Waals surface area contributed by atoms with Gasteiger partial charge >= 0.3 is 0 Å². The Morgan fingerprint density at radius 1 is 0.656 bits per heavy atom. The zero-order chi connectivity index (χ0) is 69.0. The Kier molecular flexibility index (Phi) is 29.4. The van der Waals surface area contributed by atoms with E-state index in [1.807, 2.05) is 0 Å². The number of carbonyl (C=O) groups is 12. The van der Waals surface area contributed by atoms with Gasteiger partial charge in [-0.15, -0.1) is 0 Å². The second-order valence-corrected chi connectivity index (χ2v) is 24.8. The van der Waals surface area contributed by atoms with Crippen molar-refractivity contribution in [3.63, 3.8) is 0 Å². The predicted octanol–water partition coefficient (Wildman–Crippen LogP) is -4.39. The van der Waals surface area contributed by atoms with Gasteiger partial charge in [0.2, 0.25) is 59.1 Å². The first-order valence-corrected chi connectivity index (χ1v) is 31.9. The van der Waals surface area contributed by atoms with Crippen LogP contribution in [-0.4, -0.2) is 241 Å². The van der Waals surface area contributed by atoms with E-state index in [1.165, 1.54) is 23.8 Å². The molecule has 0 aliphatic carbocycles. The standard InChI is InChI=1S/C62H96N12O19/c1-8-33(5)50-58(88)69-42(31-75)55(85)65-38(9-2)54(84)71-51(34(6)76)59(89)67-40(21-18-35-16-19-37(93-7)20-17-35)61(91)73-25-10-13-43(73)56(86)68-41(28-36(77)29-47(79)46(78)27-32(3)4)52(82)60(90)66-39(22-23-48(63)80)53(83)64-30-49(81)72-24-12-15-45(72)62(92)74-26-11-14-44(74)57(87)70-50/h9,16-17,19-20,32-34,36,39-47,50-52,75-79,82H,8,10-15,18,21-31H2,1-7H3,(H2,63,80)(H,64,83)(H,65,85)(H,66,90)(H,67,89)(H,68,86)(H,69,88)(H,70,87)(H,71,84)/b38-9+/t33-,34-,36?,39-,40+,41?,42+,43+,44+,45+,46?,47?,50-,51+,52?/m1/s1. The molecule has 4 fully saturated rings. The molecule has 12 amide bonds. The van der Waals surface area contributed by atoms with Gasteiger partial charge in [0, 0.05) is 32.5 Å². The molecule has 4 saturated heterocycles. The maximum atomic E-state index is 15.0. The van der Waals surface area contributed by atoms with Crippen LogP contribution in [0.2, 0.25) is 0 Å². The minimum absolute atomic E-state index is 0.0202. The summed E-state index contributed by atoms with van der Waals surface area (Å²) in [5.41, 5.74) is 5.61. The first-order valence-electron chi connectivity index (χ1n) is 31.9. The van der Waals surface area contributed by atoms with Gasteiger partial charge in [-0.1, -0.05) is 52.3 Å². The van der Waals surface area contributed by atoms with Gasteiger partial charge in [-0.3, -0.25) is 57.5 Å². The number of primary amides is 1. The lowest BCUT2D eigenvalue weighted by molar-refractivity contribution is -0.147. The molecular formula is C62H96N12O19. The molecule has 4 aliphatic rings. The summed E-state index contributed by atoms with van der Waals surface area (Å²) < 4.78 is 5.28. The molecule has 31 nitrogen and oxygen atoms in total. The first kappa shape index (κ1) is 75.9. The van der Waals surface area contributed by atoms with Crippen LogP contribution >= 0.6 is 0 Å². The van der Waals surface area contributed by atoms with E-state index in [2.05, 4.69) is 42.5 Å². The highest BCUT2D eigenvalue weighted by Gasteiger charge is 2.45. The van der Waals surface area contributed by atoms with Crippen molar-refractivity contribution in [1.29, 1.82) is 0 Å². The second kappa shape index (κ2) is 36.0. The Bertz CT molecular complexity index is 2840. The molecule has 0 aromatic heterocycles. The average Bonchev–Trinajstić information content (AvgIpc) is 1.73. The zero-order valence-electron chi connectivity index (χ0n) is 54.0. The Balaban J connectivity index is 1.55. The first-order chi connectivity index (χ1) is 44.0. The van der Waals surface area contributed by atoms with E-state index in [1.54, 1.807) is 52.0 Å². The fourth-order valence-corrected chi connectivity index (χ4v) is 11.8. The van der Waals surface area contributed by atoms with Crippen LogP contribution in [0.4, 0.5) is 0 Å². The van der Waals surface area contributed by atoms with E-state index in [9.17, 15) is 88.2 Å². The minimum Gasteiger partial charge on any atom is -0.497 e. The van der Waals surface area contributed by atoms with Crippen LogP contribution in [0.25, 0.3) is 0 Å². The summed E-state index contributed by atoms with van der Waals surface area (Å²) in [4.78, 5) is 173. The predicted molar refractivity (Wildman–Crippen MR) is 331 cm³/mol. The summed E-state index contributed by atoms with van der Waals surface area (Å²) in [6.45, 7) is 7.76. The molecule has 16 N–H and O–H groups in total. The van der Waals surface area contributed by atoms with Crippen LogP contribution in [0.15, 0.2) is 36.0 Å². The van der Waals surface area contributed by atoms with Crippen LogP contribution < -0.4 is 53.0 Å². The fraction of sp³-hybridized carbons (Fsp3) is 0.677. The van der Waals surface area contributed by atoms with Crippen molar-refractivity contribution in [3.8, 4) is 5.75 Å². The monoisotopic (exact) mass is 1310 g/mol. The number of rotatable bonds is 18. The van der Waals surface area contributed by atoms with Crippen molar-refractivity contribution >= 4 is 70.9 Å². The number of ether oxygens (including phenoxy) is 1. The summed E-state index contributed by atoms with van der Waals surface area (Å²) in [6.07, 6.45) is -7.95. The van der Waals surface area contributed by atoms with Crippen LogP contribution in [0.3, 0.4) is 0 Å². The number of allylic oxidation sites excluding steroid dienone is 1. The Labute approximate surface area is 540 Å². The molecule has 15 atom stereocenters. The number of amides is 12. The van der Waals surface area contributed by atoms with E-state index >= 15 is 0 Å². The molecule has 4 heterocycles. The number of fused-ring (bicyclic) bond motifs is 3. The highest BCUT2D eigenvalue weighted by molar-refractivity contribution is 6.03. The third-order valence-corrected chi connectivity index (χ3v) is 17.4. The largest absolute Gasteiger partial charge is 0.497 e. The van der Waals surface area contributed by atoms with Gasteiger partial charge in [0.25, 0.3) is 11.8 Å². The summed E-state index contributed by atoms with van der Waals surface area (Å²) in [5, 5.41) is 86.1. The molecule has 5 unspecified atom stereocenters. The number of aryl methyl sites for hydroxylation is 1. The van der Waals surface area contributed by atoms with E-state index in [0.29, 0.717) is 30.6 Å². The number of benzene rings is 1. The number of aliphatic hydroxyl groups is 6. The molecule has 4 aliphatic heterocycles. The highest BCUT2D eigenvalue weighted by Crippen LogP contribution is 2.27. The number of nitrogens with two attached hydrogens (primary N) is 1. The van der Waals surface area contributed by atoms with E-state index in [4.69, 9.17) is 10.5 Å². The van der Waals surface area contributed by atoms with Gasteiger partial charge in [-0.2, -0.15) is 0 Å². The summed E-state index contributed by atoms with van der Waals surface area (Å²) in [5.74, 6) is -11.6. The van der Waals surface area contributed by atoms with E-state index < -0.39 is 206 Å². The number of nitrogens with one attached hydrogen (secondary N) is 8. The maximum absolute atomic E-state index is 15.0. The zero-order valence-corrected chi connectivity index (χ0v) is 54.0. The van der Waals surface area contributed by atoms with Crippen molar-refractivity contribution in [2.75, 3.05) is 39.9 Å². The summed E-state index contributed by atoms with van der Waals surface area (Å²) in [7, 11) is 1.47. The Morgan fingerprint density at radius 2 is 1.22 bits per heavy atom. The number of carbonyl (C=O) groups excluding carboxylic acids is 12. The van der Waals surface area contributed by atoms with Crippen molar-refractivity contribution in [3.05, 3.63) is 41.6 Å². The fourth-order valence-electron chi connectivity index (χ4n) is 11.8. The van der Waals surface area contributed by atoms with Crippen molar-refractivity contribution in [2.45, 2.75) is 216 Å². The molecule has 0 bridgehead atoms. The minimum atomic E-state index is -2.34. The molecule has 518 valence electrons. The summed E-state index contributed by atoms with van der Waals surface area (Å²) in [6, 6.07) is -6.79. The van der Waals surface area contributed by atoms with E-state index in [-0.39, 0.29) is 70.5 Å². The quantitative estimate of drug-likeness (QED) is 0.0617. The third-order valence-electron chi connectivity index (χ3n) is 17.4. The topological polar surface area (TPSA) is 467 Å². The smallest absolute Gasteiger partial charge is 0.268 e. The number of hydrogen-bond donors (Lipinski definition) is 15. The average molecular weight is 1310 g/mol. The van der Waals surface area contributed by atoms with Gasteiger partial charge < -0.3 is 98.3 Å². The van der Waals surface area contributed by atoms with Crippen molar-refractivity contribution in [1.82, 2.24) is 57.2 Å². The Hall–Kier alpha value is -7.84. The highest BCUT2D eigenvalue weighted by atomic mass is 16.5. The van der Waals surface area contributed by atoms with Gasteiger partial charge in [0.1, 0.15) is 59.8 Å². The molecule has 0 spiro atoms. The lowest BCUT2D eigenvalue weighted by atomic mass is 9.94. The van der Waals surface area contributed by atoms with Gasteiger partial charge in [0.05, 0.1) is 50.7 Å². The number of hydrogen-bond acceptors (Lipinski definition) is 19. The van der Waals surface area contributed by atoms with Gasteiger partial charge in [-0.25, -0.2) is 0 Å². The SMILES string of the molecule is C/C=C1/NC(=O)[C@H](CO)NC(=O)[C@@H]([C@H](C)CC)NC(=O)[C@@H]2CCCN2C(=O)[C@@H]2CCCN2C(=O)CNC(=O)[C@@H](CCC(N)=O)NC(=O)C(O)C(CC(O)CC(O)C(O)CC(C)C)NC(=O)[C@@H]2CCCN2C(=O)[C@H](CCc2ccc(OC)cc2)NC(=O)[C@H]([C@@H](C)O)NC1=O. The molecule has 0 radical (unpaired) electrons. The van der Waals surface area contributed by atoms with Crippen molar-refractivity contribution < 1.29 is 92.9 Å². The number of nitrogens with zero attached hydrogens (tertiary/aromatic N) is 3. The molecule has 0 saturated carbocycles.